The number of nitrogens with one attached hydrogen (secondary N) is 4. The molecule has 1 aromatic heterocycles. The molecule has 126 valence electrons. The summed E-state index contributed by atoms with van der Waals surface area (Å²) < 4.78 is 0. The fourth-order valence-corrected chi connectivity index (χ4v) is 1.88. The average molecular weight is 330 g/mol. The minimum atomic E-state index is -0.687. The summed E-state index contributed by atoms with van der Waals surface area (Å²) in [7, 11) is 0. The summed E-state index contributed by atoms with van der Waals surface area (Å²) in [6, 6.07) is 9.98. The van der Waals surface area contributed by atoms with Gasteiger partial charge in [0.25, 0.3) is 5.56 Å². The number of H-pyrrole nitrogens is 2. The molecule has 0 saturated carbocycles. The fourth-order valence-electron chi connectivity index (χ4n) is 1.88. The van der Waals surface area contributed by atoms with Crippen molar-refractivity contribution in [3.8, 4) is 0 Å². The van der Waals surface area contributed by atoms with Gasteiger partial charge in [0.1, 0.15) is 0 Å². The van der Waals surface area contributed by atoms with Gasteiger partial charge in [-0.1, -0.05) is 30.3 Å². The zero-order chi connectivity index (χ0) is 17.2. The first-order chi connectivity index (χ1) is 11.6. The van der Waals surface area contributed by atoms with Gasteiger partial charge in [-0.3, -0.25) is 14.6 Å². The number of carbonyl (C=O) groups excluding carboxylic acids is 1. The van der Waals surface area contributed by atoms with E-state index in [1.54, 1.807) is 6.21 Å². The summed E-state index contributed by atoms with van der Waals surface area (Å²) in [5.41, 5.74) is 2.28. The molecule has 0 unspecified atom stereocenters. The SMILES string of the molecule is O=C(CCNc1n[nH]c(=O)[nH]c1=O)NN=CCCc1ccccc1. The number of benzene rings is 1. The predicted molar refractivity (Wildman–Crippen MR) is 90.0 cm³/mol. The van der Waals surface area contributed by atoms with Gasteiger partial charge < -0.3 is 5.32 Å². The number of anilines is 1. The Kier molecular flexibility index (Phi) is 6.45. The Morgan fingerprint density at radius 1 is 1.25 bits per heavy atom. The zero-order valence-corrected chi connectivity index (χ0v) is 12.9. The van der Waals surface area contributed by atoms with E-state index >= 15 is 0 Å². The highest BCUT2D eigenvalue weighted by Crippen LogP contribution is 2.00. The van der Waals surface area contributed by atoms with E-state index < -0.39 is 11.2 Å². The van der Waals surface area contributed by atoms with Gasteiger partial charge in [0.2, 0.25) is 11.7 Å². The van der Waals surface area contributed by atoms with Crippen LogP contribution in [0.3, 0.4) is 0 Å². The van der Waals surface area contributed by atoms with E-state index in [-0.39, 0.29) is 24.7 Å². The van der Waals surface area contributed by atoms with Crippen molar-refractivity contribution in [3.63, 3.8) is 0 Å². The molecular formula is C15H18N6O3. The fraction of sp³-hybridized carbons (Fsp3) is 0.267. The van der Waals surface area contributed by atoms with E-state index in [9.17, 15) is 14.4 Å². The second-order valence-electron chi connectivity index (χ2n) is 4.90. The maximum Gasteiger partial charge on any atom is 0.342 e. The summed E-state index contributed by atoms with van der Waals surface area (Å²) in [6.07, 6.45) is 3.32. The number of hydrazone groups is 1. The number of amides is 1. The summed E-state index contributed by atoms with van der Waals surface area (Å²) in [5.74, 6) is -0.340. The molecule has 0 atom stereocenters. The molecule has 2 rings (SSSR count). The van der Waals surface area contributed by atoms with Crippen LogP contribution in [0.25, 0.3) is 0 Å². The van der Waals surface area contributed by atoms with Gasteiger partial charge in [-0.25, -0.2) is 15.3 Å². The molecule has 0 spiro atoms. The standard InChI is InChI=1S/C15H18N6O3/c22-12(8-10-16-13-14(23)18-15(24)21-20-13)19-17-9-4-7-11-5-2-1-3-6-11/h1-3,5-6,9H,4,7-8,10H2,(H,16,20)(H,19,22)(H2,18,21,23,24). The number of aryl methyl sites for hydroxylation is 1. The average Bonchev–Trinajstić information content (AvgIpc) is 2.57. The van der Waals surface area contributed by atoms with Gasteiger partial charge >= 0.3 is 5.69 Å². The first-order valence-electron chi connectivity index (χ1n) is 7.42. The van der Waals surface area contributed by atoms with Gasteiger partial charge in [-0.05, 0) is 18.4 Å². The van der Waals surface area contributed by atoms with Crippen LogP contribution in [0.1, 0.15) is 18.4 Å². The second-order valence-corrected chi connectivity index (χ2v) is 4.90. The Morgan fingerprint density at radius 2 is 2.04 bits per heavy atom. The van der Waals surface area contributed by atoms with Crippen molar-refractivity contribution in [1.29, 1.82) is 0 Å². The minimum absolute atomic E-state index is 0.0474. The topological polar surface area (TPSA) is 132 Å². The van der Waals surface area contributed by atoms with E-state index in [1.807, 2.05) is 35.3 Å². The monoisotopic (exact) mass is 330 g/mol. The minimum Gasteiger partial charge on any atom is -0.364 e. The van der Waals surface area contributed by atoms with Crippen molar-refractivity contribution in [2.24, 2.45) is 5.10 Å². The summed E-state index contributed by atoms with van der Waals surface area (Å²) >= 11 is 0. The zero-order valence-electron chi connectivity index (χ0n) is 12.9. The number of aromatic nitrogens is 3. The number of nitrogens with zero attached hydrogens (tertiary/aromatic N) is 2. The van der Waals surface area contributed by atoms with Crippen molar-refractivity contribution in [3.05, 3.63) is 56.7 Å². The van der Waals surface area contributed by atoms with E-state index in [2.05, 4.69) is 26.0 Å². The highest BCUT2D eigenvalue weighted by molar-refractivity contribution is 5.77. The maximum absolute atomic E-state index is 11.6. The second kappa shape index (κ2) is 9.03. The van der Waals surface area contributed by atoms with Crippen LogP contribution < -0.4 is 22.0 Å². The van der Waals surface area contributed by atoms with Gasteiger partial charge in [0.15, 0.2) is 0 Å². The number of carbonyl (C=O) groups is 1. The molecule has 0 bridgehead atoms. The largest absolute Gasteiger partial charge is 0.364 e. The quantitative estimate of drug-likeness (QED) is 0.399. The first-order valence-corrected chi connectivity index (χ1v) is 7.42. The van der Waals surface area contributed by atoms with Crippen LogP contribution in [0, 0.1) is 0 Å². The Balaban J connectivity index is 1.63. The third kappa shape index (κ3) is 5.87. The van der Waals surface area contributed by atoms with E-state index in [4.69, 9.17) is 0 Å². The summed E-state index contributed by atoms with van der Waals surface area (Å²) in [5, 5.41) is 12.1. The highest BCUT2D eigenvalue weighted by atomic mass is 16.2. The van der Waals surface area contributed by atoms with Gasteiger partial charge in [0.05, 0.1) is 0 Å². The molecule has 0 aliphatic rings. The van der Waals surface area contributed by atoms with Crippen LogP contribution in [0.15, 0.2) is 45.0 Å². The van der Waals surface area contributed by atoms with Crippen LogP contribution in [0.4, 0.5) is 5.82 Å². The van der Waals surface area contributed by atoms with Crippen LogP contribution >= 0.6 is 0 Å². The highest BCUT2D eigenvalue weighted by Gasteiger charge is 2.03. The van der Waals surface area contributed by atoms with Crippen molar-refractivity contribution < 1.29 is 4.79 Å². The van der Waals surface area contributed by atoms with Gasteiger partial charge in [-0.15, -0.1) is 5.10 Å². The molecule has 1 amide bonds. The van der Waals surface area contributed by atoms with Crippen LogP contribution in [0.5, 0.6) is 0 Å². The lowest BCUT2D eigenvalue weighted by atomic mass is 10.1. The molecule has 9 nitrogen and oxygen atoms in total. The Bertz CT molecular complexity index is 797. The molecule has 0 aliphatic carbocycles. The molecule has 0 saturated heterocycles. The Labute approximate surface area is 137 Å². The van der Waals surface area contributed by atoms with Crippen molar-refractivity contribution in [1.82, 2.24) is 20.6 Å². The van der Waals surface area contributed by atoms with E-state index in [0.717, 1.165) is 12.8 Å². The van der Waals surface area contributed by atoms with E-state index in [0.29, 0.717) is 0 Å². The van der Waals surface area contributed by atoms with Crippen molar-refractivity contribution in [2.75, 3.05) is 11.9 Å². The van der Waals surface area contributed by atoms with Crippen molar-refractivity contribution in [2.45, 2.75) is 19.3 Å². The third-order valence-corrected chi connectivity index (χ3v) is 3.04. The first kappa shape index (κ1) is 17.1. The molecule has 4 N–H and O–H groups in total. The smallest absolute Gasteiger partial charge is 0.342 e. The molecular weight excluding hydrogens is 312 g/mol. The van der Waals surface area contributed by atoms with Gasteiger partial charge in [-0.2, -0.15) is 5.10 Å². The Morgan fingerprint density at radius 3 is 2.79 bits per heavy atom. The lowest BCUT2D eigenvalue weighted by molar-refractivity contribution is -0.120. The van der Waals surface area contributed by atoms with Crippen LogP contribution in [-0.2, 0) is 11.2 Å². The maximum atomic E-state index is 11.6. The third-order valence-electron chi connectivity index (χ3n) is 3.04. The lowest BCUT2D eigenvalue weighted by Crippen LogP contribution is -2.28. The lowest BCUT2D eigenvalue weighted by Gasteiger charge is -2.02. The molecule has 1 aromatic carbocycles. The van der Waals surface area contributed by atoms with Crippen LogP contribution in [0.2, 0.25) is 0 Å². The normalized spacial score (nSPS) is 10.7. The molecule has 9 heteroatoms. The number of rotatable bonds is 8. The molecule has 2 aromatic rings. The molecule has 24 heavy (non-hydrogen) atoms. The number of hydrogen-bond acceptors (Lipinski definition) is 6. The van der Waals surface area contributed by atoms with Crippen LogP contribution in [-0.4, -0.2) is 33.8 Å². The number of hydrogen-bond donors (Lipinski definition) is 4. The molecule has 0 radical (unpaired) electrons. The molecule has 0 aliphatic heterocycles. The van der Waals surface area contributed by atoms with E-state index in [1.165, 1.54) is 5.56 Å². The summed E-state index contributed by atoms with van der Waals surface area (Å²) in [6.45, 7) is 0.188. The molecule has 0 fully saturated rings. The molecule has 1 heterocycles. The number of aromatic amines is 2. The summed E-state index contributed by atoms with van der Waals surface area (Å²) in [4.78, 5) is 35.8. The Hall–Kier alpha value is -3.23. The van der Waals surface area contributed by atoms with Gasteiger partial charge in [0, 0.05) is 19.2 Å². The van der Waals surface area contributed by atoms with Crippen molar-refractivity contribution >= 4 is 17.9 Å². The predicted octanol–water partition coefficient (Wildman–Crippen LogP) is -0.00500.